The van der Waals surface area contributed by atoms with Crippen LogP contribution in [0, 0.1) is 22.7 Å². The number of hydrogen-bond donors (Lipinski definition) is 2. The number of nitrogens with zero attached hydrogens (tertiary/aromatic N) is 3. The molecule has 5 nitrogen and oxygen atoms in total. The van der Waals surface area contributed by atoms with Gasteiger partial charge in [0.2, 0.25) is 0 Å². The molecule has 0 aromatic heterocycles. The molecule has 0 bridgehead atoms. The Labute approximate surface area is 124 Å². The van der Waals surface area contributed by atoms with Crippen LogP contribution >= 0.6 is 0 Å². The highest BCUT2D eigenvalue weighted by Crippen LogP contribution is 2.38. The second-order valence-corrected chi connectivity index (χ2v) is 4.82. The molecule has 1 aromatic carbocycles. The van der Waals surface area contributed by atoms with Crippen LogP contribution in [0.15, 0.2) is 53.1 Å². The summed E-state index contributed by atoms with van der Waals surface area (Å²) in [6.45, 7) is 2.57. The Morgan fingerprint density at radius 2 is 1.57 bits per heavy atom. The molecule has 106 valence electrons. The summed E-state index contributed by atoms with van der Waals surface area (Å²) in [5.41, 5.74) is 13.8. The normalized spacial score (nSPS) is 15.9. The van der Waals surface area contributed by atoms with Gasteiger partial charge in [-0.25, -0.2) is 0 Å². The molecule has 21 heavy (non-hydrogen) atoms. The van der Waals surface area contributed by atoms with Crippen LogP contribution in [0.5, 0.6) is 0 Å². The van der Waals surface area contributed by atoms with Crippen LogP contribution in [0.3, 0.4) is 0 Å². The van der Waals surface area contributed by atoms with Gasteiger partial charge < -0.3 is 16.4 Å². The van der Waals surface area contributed by atoms with Gasteiger partial charge in [-0.15, -0.1) is 0 Å². The van der Waals surface area contributed by atoms with Gasteiger partial charge in [0.25, 0.3) is 0 Å². The molecule has 0 radical (unpaired) electrons. The van der Waals surface area contributed by atoms with E-state index >= 15 is 0 Å². The van der Waals surface area contributed by atoms with Gasteiger partial charge in [0.15, 0.2) is 0 Å². The van der Waals surface area contributed by atoms with Crippen LogP contribution in [-0.2, 0) is 0 Å². The van der Waals surface area contributed by atoms with Gasteiger partial charge in [0, 0.05) is 6.54 Å². The Kier molecular flexibility index (Phi) is 4.15. The maximum Gasteiger partial charge on any atom is 0.119 e. The van der Waals surface area contributed by atoms with Crippen molar-refractivity contribution in [3.8, 4) is 12.1 Å². The Morgan fingerprint density at radius 3 is 2.00 bits per heavy atom. The van der Waals surface area contributed by atoms with E-state index in [9.17, 15) is 10.5 Å². The highest BCUT2D eigenvalue weighted by molar-refractivity contribution is 5.54. The fourth-order valence-electron chi connectivity index (χ4n) is 2.55. The summed E-state index contributed by atoms with van der Waals surface area (Å²) < 4.78 is 0. The first-order valence-corrected chi connectivity index (χ1v) is 6.77. The average Bonchev–Trinajstić information content (AvgIpc) is 2.52. The van der Waals surface area contributed by atoms with Gasteiger partial charge >= 0.3 is 0 Å². The molecule has 1 aliphatic rings. The SMILES string of the molecule is CCCN1C(N)=C(C#N)C(c2ccccc2)C(C#N)=C1N. The summed E-state index contributed by atoms with van der Waals surface area (Å²) in [5.74, 6) is 0.184. The molecule has 4 N–H and O–H groups in total. The fourth-order valence-corrected chi connectivity index (χ4v) is 2.55. The summed E-state index contributed by atoms with van der Waals surface area (Å²) in [6.07, 6.45) is 0.814. The molecule has 1 aliphatic heterocycles. The van der Waals surface area contributed by atoms with Crippen molar-refractivity contribution in [2.24, 2.45) is 11.5 Å². The minimum Gasteiger partial charge on any atom is -0.384 e. The minimum absolute atomic E-state index is 0.338. The first kappa shape index (κ1) is 14.5. The van der Waals surface area contributed by atoms with E-state index in [1.807, 2.05) is 37.3 Å². The third kappa shape index (κ3) is 2.42. The van der Waals surface area contributed by atoms with Crippen molar-refractivity contribution in [2.75, 3.05) is 6.54 Å². The summed E-state index contributed by atoms with van der Waals surface area (Å²) in [5, 5.41) is 19.0. The monoisotopic (exact) mass is 279 g/mol. The zero-order valence-electron chi connectivity index (χ0n) is 11.9. The van der Waals surface area contributed by atoms with Gasteiger partial charge in [0.05, 0.1) is 29.2 Å². The van der Waals surface area contributed by atoms with E-state index in [0.29, 0.717) is 29.3 Å². The zero-order chi connectivity index (χ0) is 15.4. The lowest BCUT2D eigenvalue weighted by molar-refractivity contribution is 0.395. The number of allylic oxidation sites excluding steroid dienone is 2. The maximum atomic E-state index is 9.49. The molecule has 1 heterocycles. The standard InChI is InChI=1S/C16H17N5/c1-2-8-21-15(19)12(9-17)14(13(10-18)16(21)20)11-6-4-3-5-7-11/h3-7,14H,2,8,19-20H2,1H3. The van der Waals surface area contributed by atoms with Crippen molar-refractivity contribution in [1.29, 1.82) is 10.5 Å². The van der Waals surface area contributed by atoms with Crippen LogP contribution in [-0.4, -0.2) is 11.4 Å². The van der Waals surface area contributed by atoms with Crippen LogP contribution in [0.4, 0.5) is 0 Å². The molecule has 1 aromatic rings. The molecule has 0 unspecified atom stereocenters. The first-order valence-electron chi connectivity index (χ1n) is 6.77. The molecule has 0 spiro atoms. The molecular formula is C16H17N5. The van der Waals surface area contributed by atoms with Crippen LogP contribution in [0.2, 0.25) is 0 Å². The Morgan fingerprint density at radius 1 is 1.05 bits per heavy atom. The Bertz CT molecular complexity index is 635. The van der Waals surface area contributed by atoms with E-state index in [-0.39, 0.29) is 0 Å². The number of benzene rings is 1. The van der Waals surface area contributed by atoms with E-state index in [4.69, 9.17) is 11.5 Å². The van der Waals surface area contributed by atoms with Gasteiger partial charge in [-0.1, -0.05) is 37.3 Å². The van der Waals surface area contributed by atoms with Crippen LogP contribution < -0.4 is 11.5 Å². The molecule has 2 rings (SSSR count). The topological polar surface area (TPSA) is 103 Å². The van der Waals surface area contributed by atoms with E-state index < -0.39 is 5.92 Å². The van der Waals surface area contributed by atoms with Crippen molar-refractivity contribution in [3.63, 3.8) is 0 Å². The smallest absolute Gasteiger partial charge is 0.119 e. The van der Waals surface area contributed by atoms with E-state index in [1.54, 1.807) is 4.90 Å². The van der Waals surface area contributed by atoms with Gasteiger partial charge in [-0.2, -0.15) is 10.5 Å². The van der Waals surface area contributed by atoms with Crippen LogP contribution in [0.1, 0.15) is 24.8 Å². The lowest BCUT2D eigenvalue weighted by Crippen LogP contribution is -2.38. The third-order valence-electron chi connectivity index (χ3n) is 3.53. The lowest BCUT2D eigenvalue weighted by Gasteiger charge is -2.34. The number of rotatable bonds is 3. The zero-order valence-corrected chi connectivity index (χ0v) is 11.9. The molecule has 0 atom stereocenters. The summed E-state index contributed by atoms with van der Waals surface area (Å²) in [7, 11) is 0. The number of hydrogen-bond acceptors (Lipinski definition) is 5. The van der Waals surface area contributed by atoms with Crippen molar-refractivity contribution in [1.82, 2.24) is 4.90 Å². The van der Waals surface area contributed by atoms with E-state index in [1.165, 1.54) is 0 Å². The number of nitrogens with two attached hydrogens (primary N) is 2. The molecule has 0 fully saturated rings. The molecule has 0 saturated heterocycles. The van der Waals surface area contributed by atoms with Gasteiger partial charge in [-0.05, 0) is 12.0 Å². The highest BCUT2D eigenvalue weighted by atomic mass is 15.3. The molecule has 5 heteroatoms. The molecular weight excluding hydrogens is 262 g/mol. The minimum atomic E-state index is -0.491. The summed E-state index contributed by atoms with van der Waals surface area (Å²) in [6, 6.07) is 13.6. The van der Waals surface area contributed by atoms with Crippen molar-refractivity contribution >= 4 is 0 Å². The van der Waals surface area contributed by atoms with Crippen molar-refractivity contribution < 1.29 is 0 Å². The summed E-state index contributed by atoms with van der Waals surface area (Å²) in [4.78, 5) is 1.65. The van der Waals surface area contributed by atoms with Crippen molar-refractivity contribution in [2.45, 2.75) is 19.3 Å². The second kappa shape index (κ2) is 6.02. The number of nitriles is 2. The molecule has 0 saturated carbocycles. The molecule has 0 amide bonds. The van der Waals surface area contributed by atoms with Gasteiger partial charge in [-0.3, -0.25) is 0 Å². The quantitative estimate of drug-likeness (QED) is 0.879. The largest absolute Gasteiger partial charge is 0.384 e. The summed E-state index contributed by atoms with van der Waals surface area (Å²) >= 11 is 0. The fraction of sp³-hybridized carbons (Fsp3) is 0.250. The molecule has 0 aliphatic carbocycles. The average molecular weight is 279 g/mol. The highest BCUT2D eigenvalue weighted by Gasteiger charge is 2.34. The first-order chi connectivity index (χ1) is 10.2. The predicted molar refractivity (Wildman–Crippen MR) is 79.8 cm³/mol. The Hall–Kier alpha value is -2.92. The maximum absolute atomic E-state index is 9.49. The lowest BCUT2D eigenvalue weighted by atomic mass is 9.83. The third-order valence-corrected chi connectivity index (χ3v) is 3.53. The second-order valence-electron chi connectivity index (χ2n) is 4.82. The van der Waals surface area contributed by atoms with E-state index in [0.717, 1.165) is 12.0 Å². The van der Waals surface area contributed by atoms with E-state index in [2.05, 4.69) is 12.1 Å². The van der Waals surface area contributed by atoms with Crippen molar-refractivity contribution in [3.05, 3.63) is 58.7 Å². The van der Waals surface area contributed by atoms with Gasteiger partial charge in [0.1, 0.15) is 11.6 Å². The predicted octanol–water partition coefficient (Wildman–Crippen LogP) is 1.88. The van der Waals surface area contributed by atoms with Crippen LogP contribution in [0.25, 0.3) is 0 Å². The Balaban J connectivity index is 2.64.